The molecule has 0 spiro atoms. The number of carbonyl (C=O) groups is 1. The van der Waals surface area contributed by atoms with Crippen LogP contribution in [0.1, 0.15) is 40.5 Å². The molecule has 1 fully saturated rings. The summed E-state index contributed by atoms with van der Waals surface area (Å²) in [6, 6.07) is 5.41. The van der Waals surface area contributed by atoms with Crippen LogP contribution in [-0.2, 0) is 9.47 Å². The van der Waals surface area contributed by atoms with E-state index in [0.717, 1.165) is 18.4 Å². The quantitative estimate of drug-likeness (QED) is 0.516. The van der Waals surface area contributed by atoms with Gasteiger partial charge in [-0.3, -0.25) is 0 Å². The van der Waals surface area contributed by atoms with Gasteiger partial charge < -0.3 is 24.4 Å². The number of methoxy groups -OCH3 is 1. The molecule has 194 valence electrons. The number of rotatable bonds is 7. The topological polar surface area (TPSA) is 103 Å². The van der Waals surface area contributed by atoms with Gasteiger partial charge in [0.2, 0.25) is 5.82 Å². The normalized spacial score (nSPS) is 17.2. The summed E-state index contributed by atoms with van der Waals surface area (Å²) in [5.41, 5.74) is 0.826. The zero-order valence-corrected chi connectivity index (χ0v) is 21.3. The molecule has 3 aromatic rings. The number of hydrogen-bond donors (Lipinski definition) is 1. The van der Waals surface area contributed by atoms with Crippen molar-refractivity contribution < 1.29 is 23.4 Å². The van der Waals surface area contributed by atoms with Gasteiger partial charge in [-0.25, -0.2) is 14.3 Å². The Bertz CT molecular complexity index is 1210. The second kappa shape index (κ2) is 10.7. The van der Waals surface area contributed by atoms with Crippen LogP contribution in [0.15, 0.2) is 30.6 Å². The Morgan fingerprint density at radius 1 is 1.31 bits per heavy atom. The predicted molar refractivity (Wildman–Crippen MR) is 133 cm³/mol. The van der Waals surface area contributed by atoms with E-state index >= 15 is 4.39 Å². The number of likely N-dealkylation sites (tertiary alicyclic amines) is 1. The molecule has 1 aliphatic heterocycles. The van der Waals surface area contributed by atoms with Gasteiger partial charge in [0, 0.05) is 32.4 Å². The first-order chi connectivity index (χ1) is 17.1. The minimum Gasteiger partial charge on any atom is -0.470 e. The number of fused-ring (bicyclic) bond motifs is 1. The molecule has 1 amide bonds. The fourth-order valence-corrected chi connectivity index (χ4v) is 4.07. The van der Waals surface area contributed by atoms with Crippen molar-refractivity contribution in [1.29, 1.82) is 0 Å². The van der Waals surface area contributed by atoms with Crippen LogP contribution in [0, 0.1) is 5.82 Å². The number of anilines is 1. The Labute approximate surface area is 209 Å². The van der Waals surface area contributed by atoms with E-state index in [1.54, 1.807) is 29.6 Å². The lowest BCUT2D eigenvalue weighted by atomic mass is 10.1. The minimum atomic E-state index is -0.701. The highest BCUT2D eigenvalue weighted by atomic mass is 19.1. The average molecular weight is 501 g/mol. The molecule has 36 heavy (non-hydrogen) atoms. The van der Waals surface area contributed by atoms with Crippen molar-refractivity contribution in [3.05, 3.63) is 36.4 Å². The van der Waals surface area contributed by atoms with Gasteiger partial charge in [0.05, 0.1) is 23.9 Å². The molecular weight excluding hydrogens is 467 g/mol. The number of halogens is 1. The van der Waals surface area contributed by atoms with Gasteiger partial charge in [-0.2, -0.15) is 14.5 Å². The Morgan fingerprint density at radius 3 is 2.86 bits per heavy atom. The first kappa shape index (κ1) is 25.6. The summed E-state index contributed by atoms with van der Waals surface area (Å²) in [5.74, 6) is -0.597. The van der Waals surface area contributed by atoms with E-state index in [2.05, 4.69) is 20.4 Å². The highest BCUT2D eigenvalue weighted by Crippen LogP contribution is 2.30. The first-order valence-electron chi connectivity index (χ1n) is 12.0. The van der Waals surface area contributed by atoms with E-state index in [0.29, 0.717) is 18.7 Å². The van der Waals surface area contributed by atoms with E-state index in [9.17, 15) is 4.79 Å². The van der Waals surface area contributed by atoms with E-state index in [4.69, 9.17) is 14.2 Å². The summed E-state index contributed by atoms with van der Waals surface area (Å²) in [7, 11) is 1.55. The number of amides is 1. The molecule has 1 saturated heterocycles. The van der Waals surface area contributed by atoms with Crippen LogP contribution in [0.2, 0.25) is 0 Å². The van der Waals surface area contributed by atoms with Crippen LogP contribution in [0.5, 0.6) is 5.88 Å². The maximum absolute atomic E-state index is 15.6. The number of carbonyl (C=O) groups excluding carboxylic acids is 1. The number of nitrogens with zero attached hydrogens (tertiary/aromatic N) is 5. The summed E-state index contributed by atoms with van der Waals surface area (Å²) in [6.07, 6.45) is 4.12. The second-order valence-electron chi connectivity index (χ2n) is 9.90. The van der Waals surface area contributed by atoms with Crippen LogP contribution in [0.25, 0.3) is 16.9 Å². The van der Waals surface area contributed by atoms with E-state index in [1.165, 1.54) is 0 Å². The van der Waals surface area contributed by atoms with Crippen molar-refractivity contribution in [2.75, 3.05) is 32.1 Å². The predicted octanol–water partition coefficient (Wildman–Crippen LogP) is 4.16. The van der Waals surface area contributed by atoms with Gasteiger partial charge in [0.15, 0.2) is 11.6 Å². The van der Waals surface area contributed by atoms with Gasteiger partial charge >= 0.3 is 6.09 Å². The Hall–Kier alpha value is -3.47. The smallest absolute Gasteiger partial charge is 0.410 e. The summed E-state index contributed by atoms with van der Waals surface area (Å²) in [5, 5.41) is 7.52. The maximum Gasteiger partial charge on any atom is 0.410 e. The molecule has 1 aliphatic rings. The van der Waals surface area contributed by atoms with Gasteiger partial charge in [-0.1, -0.05) is 6.07 Å². The molecule has 2 atom stereocenters. The number of ether oxygens (including phenoxy) is 3. The third kappa shape index (κ3) is 6.01. The Morgan fingerprint density at radius 2 is 2.11 bits per heavy atom. The van der Waals surface area contributed by atoms with Crippen molar-refractivity contribution in [3.8, 4) is 17.3 Å². The lowest BCUT2D eigenvalue weighted by Gasteiger charge is -2.34. The molecule has 0 saturated carbocycles. The van der Waals surface area contributed by atoms with Gasteiger partial charge in [-0.15, -0.1) is 0 Å². The molecule has 3 aromatic heterocycles. The Kier molecular flexibility index (Phi) is 7.58. The molecule has 0 aromatic carbocycles. The fraction of sp³-hybridized carbons (Fsp3) is 0.520. The molecule has 0 bridgehead atoms. The summed E-state index contributed by atoms with van der Waals surface area (Å²) in [6.45, 7) is 8.47. The average Bonchev–Trinajstić information content (AvgIpc) is 3.25. The van der Waals surface area contributed by atoms with E-state index in [1.807, 2.05) is 45.2 Å². The van der Waals surface area contributed by atoms with Crippen molar-refractivity contribution in [3.63, 3.8) is 0 Å². The van der Waals surface area contributed by atoms with Crippen LogP contribution in [-0.4, -0.2) is 75.1 Å². The highest BCUT2D eigenvalue weighted by molar-refractivity contribution is 5.76. The third-order valence-electron chi connectivity index (χ3n) is 5.62. The van der Waals surface area contributed by atoms with Crippen molar-refractivity contribution in [2.45, 2.75) is 58.3 Å². The minimum absolute atomic E-state index is 0.00550. The van der Waals surface area contributed by atoms with Gasteiger partial charge in [-0.05, 0) is 52.7 Å². The van der Waals surface area contributed by atoms with E-state index < -0.39 is 17.5 Å². The van der Waals surface area contributed by atoms with Gasteiger partial charge in [0.25, 0.3) is 5.88 Å². The van der Waals surface area contributed by atoms with Crippen LogP contribution in [0.3, 0.4) is 0 Å². The lowest BCUT2D eigenvalue weighted by Crippen LogP contribution is -2.47. The number of piperidine rings is 1. The fourth-order valence-electron chi connectivity index (χ4n) is 4.07. The van der Waals surface area contributed by atoms with Gasteiger partial charge in [0.1, 0.15) is 11.7 Å². The largest absolute Gasteiger partial charge is 0.470 e. The molecule has 1 N–H and O–H groups in total. The molecule has 0 unspecified atom stereocenters. The number of hydrogen-bond acceptors (Lipinski definition) is 8. The summed E-state index contributed by atoms with van der Waals surface area (Å²) in [4.78, 5) is 23.1. The van der Waals surface area contributed by atoms with Crippen molar-refractivity contribution in [2.24, 2.45) is 0 Å². The molecule has 11 heteroatoms. The third-order valence-corrected chi connectivity index (χ3v) is 5.62. The molecule has 10 nitrogen and oxygen atoms in total. The summed E-state index contributed by atoms with van der Waals surface area (Å²) >= 11 is 0. The number of aromatic nitrogens is 4. The zero-order valence-electron chi connectivity index (χ0n) is 21.3. The zero-order chi connectivity index (χ0) is 25.9. The molecule has 4 rings (SSSR count). The maximum atomic E-state index is 15.6. The Balaban J connectivity index is 1.64. The number of pyridine rings is 1. The lowest BCUT2D eigenvalue weighted by molar-refractivity contribution is 0.0206. The molecule has 0 aliphatic carbocycles. The number of nitrogens with one attached hydrogen (secondary N) is 1. The molecule has 0 radical (unpaired) electrons. The van der Waals surface area contributed by atoms with Crippen molar-refractivity contribution in [1.82, 2.24) is 24.5 Å². The highest BCUT2D eigenvalue weighted by Gasteiger charge is 2.29. The van der Waals surface area contributed by atoms with Crippen molar-refractivity contribution >= 4 is 17.4 Å². The van der Waals surface area contributed by atoms with Crippen LogP contribution >= 0.6 is 0 Å². The summed E-state index contributed by atoms with van der Waals surface area (Å²) < 4.78 is 33.7. The van der Waals surface area contributed by atoms with E-state index in [-0.39, 0.29) is 36.3 Å². The van der Waals surface area contributed by atoms with Crippen LogP contribution in [0.4, 0.5) is 15.0 Å². The van der Waals surface area contributed by atoms with Crippen LogP contribution < -0.4 is 10.1 Å². The standard InChI is InChI=1S/C25H33FN6O4/c1-16(15-34-5)35-23-20(26)22(28-17-9-8-11-31(14-17)24(33)36-25(2,3)4)29-21(30-23)18-13-27-32-12-7-6-10-19(18)32/h6-7,10,12-13,16-17H,8-9,11,14-15H2,1-5H3,(H,28,29,30)/t16-,17-/m1/s1. The SMILES string of the molecule is COC[C@@H](C)Oc1nc(-c2cnn3ccccc23)nc(N[C@@H]2CCCN(C(=O)OC(C)(C)C)C2)c1F. The first-order valence-corrected chi connectivity index (χ1v) is 12.0. The monoisotopic (exact) mass is 500 g/mol. The second-order valence-corrected chi connectivity index (χ2v) is 9.90. The molecule has 4 heterocycles. The molecular formula is C25H33FN6O4.